The number of hydrazine groups is 1. The number of rotatable bonds is 4. The van der Waals surface area contributed by atoms with Crippen LogP contribution in [0.1, 0.15) is 20.3 Å². The van der Waals surface area contributed by atoms with Gasteiger partial charge in [-0.1, -0.05) is 0 Å². The zero-order chi connectivity index (χ0) is 8.91. The Balaban J connectivity index is 3.48. The zero-order valence-electron chi connectivity index (χ0n) is 7.81. The van der Waals surface area contributed by atoms with E-state index >= 15 is 0 Å². The lowest BCUT2D eigenvalue weighted by Gasteiger charge is -2.17. The van der Waals surface area contributed by atoms with E-state index < -0.39 is 0 Å². The van der Waals surface area contributed by atoms with Crippen molar-refractivity contribution >= 4 is 0 Å². The van der Waals surface area contributed by atoms with E-state index in [0.29, 0.717) is 0 Å². The van der Waals surface area contributed by atoms with E-state index in [1.807, 2.05) is 33.0 Å². The average Bonchev–Trinajstić information content (AvgIpc) is 1.87. The monoisotopic (exact) mass is 155 g/mol. The first-order chi connectivity index (χ1) is 4.98. The minimum atomic E-state index is -0.205. The predicted molar refractivity (Wildman–Crippen MR) is 45.7 cm³/mol. The highest BCUT2D eigenvalue weighted by atomic mass is 15.5. The summed E-state index contributed by atoms with van der Waals surface area (Å²) in [6, 6.07) is 2.26. The summed E-state index contributed by atoms with van der Waals surface area (Å²) in [5, 5.41) is 10.6. The highest BCUT2D eigenvalue weighted by molar-refractivity contribution is 4.91. The molecule has 0 saturated carbocycles. The topological polar surface area (TPSA) is 39.1 Å². The summed E-state index contributed by atoms with van der Waals surface area (Å²) in [5.41, 5.74) is 2.91. The smallest absolute Gasteiger partial charge is 0.0684 e. The number of hydrogen-bond donors (Lipinski definition) is 1. The van der Waals surface area contributed by atoms with Gasteiger partial charge >= 0.3 is 0 Å². The van der Waals surface area contributed by atoms with E-state index in [4.69, 9.17) is 5.26 Å². The van der Waals surface area contributed by atoms with Gasteiger partial charge in [0.15, 0.2) is 0 Å². The summed E-state index contributed by atoms with van der Waals surface area (Å²) in [5.74, 6) is 0. The van der Waals surface area contributed by atoms with E-state index in [-0.39, 0.29) is 5.41 Å². The largest absolute Gasteiger partial charge is 0.256 e. The molecule has 11 heavy (non-hydrogen) atoms. The second-order valence-corrected chi connectivity index (χ2v) is 3.55. The van der Waals surface area contributed by atoms with Gasteiger partial charge in [0.1, 0.15) is 0 Å². The van der Waals surface area contributed by atoms with Crippen molar-refractivity contribution in [1.82, 2.24) is 10.4 Å². The molecule has 0 rings (SSSR count). The Kier molecular flexibility index (Phi) is 4.09. The summed E-state index contributed by atoms with van der Waals surface area (Å²) in [7, 11) is 3.89. The molecule has 0 aliphatic carbocycles. The maximum atomic E-state index is 8.67. The van der Waals surface area contributed by atoms with Crippen LogP contribution in [0.3, 0.4) is 0 Å². The quantitative estimate of drug-likeness (QED) is 0.615. The van der Waals surface area contributed by atoms with Crippen molar-refractivity contribution in [1.29, 1.82) is 5.26 Å². The number of nitrogens with one attached hydrogen (secondary N) is 1. The molecule has 0 radical (unpaired) electrons. The fraction of sp³-hybridized carbons (Fsp3) is 0.875. The first-order valence-corrected chi connectivity index (χ1v) is 3.80. The van der Waals surface area contributed by atoms with Crippen LogP contribution in [0, 0.1) is 16.7 Å². The second-order valence-electron chi connectivity index (χ2n) is 3.55. The number of nitriles is 1. The Morgan fingerprint density at radius 3 is 2.36 bits per heavy atom. The zero-order valence-corrected chi connectivity index (χ0v) is 7.81. The molecular formula is C8H17N3. The molecule has 0 aliphatic heterocycles. The first-order valence-electron chi connectivity index (χ1n) is 3.80. The van der Waals surface area contributed by atoms with Gasteiger partial charge in [0.05, 0.1) is 11.5 Å². The molecule has 0 aromatic carbocycles. The van der Waals surface area contributed by atoms with Crippen molar-refractivity contribution in [2.75, 3.05) is 20.6 Å². The standard InChI is InChI=1S/C8H17N3/c1-8(2,7-9)5-6-10-11(3)4/h10H,5-6H2,1-4H3. The number of hydrogen-bond acceptors (Lipinski definition) is 3. The molecule has 0 aliphatic rings. The maximum absolute atomic E-state index is 8.67. The summed E-state index contributed by atoms with van der Waals surface area (Å²) in [4.78, 5) is 0. The summed E-state index contributed by atoms with van der Waals surface area (Å²) in [6.07, 6.45) is 0.877. The Labute approximate surface area is 69.0 Å². The van der Waals surface area contributed by atoms with Gasteiger partial charge in [-0.2, -0.15) is 5.26 Å². The molecule has 0 spiro atoms. The molecule has 0 amide bonds. The number of nitrogens with zero attached hydrogens (tertiary/aromatic N) is 2. The molecule has 0 heterocycles. The van der Waals surface area contributed by atoms with E-state index in [1.54, 1.807) is 0 Å². The summed E-state index contributed by atoms with van der Waals surface area (Å²) in [6.45, 7) is 4.75. The van der Waals surface area contributed by atoms with Crippen molar-refractivity contribution in [2.45, 2.75) is 20.3 Å². The lowest BCUT2D eigenvalue weighted by molar-refractivity contribution is 0.268. The third-order valence-electron chi connectivity index (χ3n) is 1.48. The van der Waals surface area contributed by atoms with Crippen LogP contribution < -0.4 is 5.43 Å². The molecule has 0 fully saturated rings. The molecule has 0 saturated heterocycles. The van der Waals surface area contributed by atoms with Crippen LogP contribution in [0.4, 0.5) is 0 Å². The van der Waals surface area contributed by atoms with Gasteiger partial charge in [0.25, 0.3) is 0 Å². The minimum Gasteiger partial charge on any atom is -0.256 e. The van der Waals surface area contributed by atoms with E-state index in [9.17, 15) is 0 Å². The van der Waals surface area contributed by atoms with Crippen LogP contribution in [-0.4, -0.2) is 25.6 Å². The predicted octanol–water partition coefficient (Wildman–Crippen LogP) is 0.992. The van der Waals surface area contributed by atoms with Crippen molar-refractivity contribution < 1.29 is 0 Å². The van der Waals surface area contributed by atoms with Crippen LogP contribution in [0.2, 0.25) is 0 Å². The normalized spacial score (nSPS) is 11.6. The Bertz CT molecular complexity index is 144. The molecule has 0 bridgehead atoms. The first kappa shape index (κ1) is 10.4. The fourth-order valence-electron chi connectivity index (χ4n) is 0.648. The highest BCUT2D eigenvalue weighted by Gasteiger charge is 2.15. The SMILES string of the molecule is CN(C)NCCC(C)(C)C#N. The van der Waals surface area contributed by atoms with Crippen molar-refractivity contribution in [3.63, 3.8) is 0 Å². The molecule has 3 heteroatoms. The third-order valence-corrected chi connectivity index (χ3v) is 1.48. The van der Waals surface area contributed by atoms with Crippen LogP contribution in [0.25, 0.3) is 0 Å². The van der Waals surface area contributed by atoms with Gasteiger partial charge in [0, 0.05) is 20.6 Å². The summed E-state index contributed by atoms with van der Waals surface area (Å²) >= 11 is 0. The van der Waals surface area contributed by atoms with Gasteiger partial charge in [-0.3, -0.25) is 10.4 Å². The van der Waals surface area contributed by atoms with Crippen LogP contribution >= 0.6 is 0 Å². The van der Waals surface area contributed by atoms with E-state index in [0.717, 1.165) is 13.0 Å². The molecule has 64 valence electrons. The lowest BCUT2D eigenvalue weighted by Crippen LogP contribution is -2.33. The molecule has 0 aromatic rings. The fourth-order valence-corrected chi connectivity index (χ4v) is 0.648. The maximum Gasteiger partial charge on any atom is 0.0684 e. The molecule has 0 aromatic heterocycles. The molecule has 0 unspecified atom stereocenters. The van der Waals surface area contributed by atoms with Gasteiger partial charge in [0.2, 0.25) is 0 Å². The summed E-state index contributed by atoms with van der Waals surface area (Å²) < 4.78 is 0. The Morgan fingerprint density at radius 2 is 2.00 bits per heavy atom. The van der Waals surface area contributed by atoms with Crippen LogP contribution in [0.15, 0.2) is 0 Å². The van der Waals surface area contributed by atoms with Crippen molar-refractivity contribution in [2.24, 2.45) is 5.41 Å². The van der Waals surface area contributed by atoms with Gasteiger partial charge in [-0.15, -0.1) is 0 Å². The second kappa shape index (κ2) is 4.32. The highest BCUT2D eigenvalue weighted by Crippen LogP contribution is 2.16. The average molecular weight is 155 g/mol. The van der Waals surface area contributed by atoms with Crippen molar-refractivity contribution in [3.8, 4) is 6.07 Å². The van der Waals surface area contributed by atoms with E-state index in [2.05, 4.69) is 11.5 Å². The van der Waals surface area contributed by atoms with Gasteiger partial charge in [-0.25, -0.2) is 0 Å². The molecule has 3 nitrogen and oxygen atoms in total. The molecular weight excluding hydrogens is 138 g/mol. The molecule has 0 atom stereocenters. The lowest BCUT2D eigenvalue weighted by atomic mass is 9.92. The van der Waals surface area contributed by atoms with Crippen molar-refractivity contribution in [3.05, 3.63) is 0 Å². The van der Waals surface area contributed by atoms with Crippen LogP contribution in [-0.2, 0) is 0 Å². The minimum absolute atomic E-state index is 0.205. The van der Waals surface area contributed by atoms with Gasteiger partial charge in [-0.05, 0) is 20.3 Å². The molecule has 1 N–H and O–H groups in total. The van der Waals surface area contributed by atoms with Crippen LogP contribution in [0.5, 0.6) is 0 Å². The third kappa shape index (κ3) is 5.84. The Hall–Kier alpha value is -0.590. The van der Waals surface area contributed by atoms with Gasteiger partial charge < -0.3 is 0 Å². The van der Waals surface area contributed by atoms with E-state index in [1.165, 1.54) is 0 Å². The Morgan fingerprint density at radius 1 is 1.45 bits per heavy atom.